The predicted octanol–water partition coefficient (Wildman–Crippen LogP) is 3.37. The molecule has 2 unspecified atom stereocenters. The Kier molecular flexibility index (Phi) is 3.91. The van der Waals surface area contributed by atoms with E-state index < -0.39 is 0 Å². The number of ether oxygens (including phenoxy) is 1. The summed E-state index contributed by atoms with van der Waals surface area (Å²) in [6.07, 6.45) is 3.24. The number of hydrogen-bond acceptors (Lipinski definition) is 2. The number of benzene rings is 1. The van der Waals surface area contributed by atoms with Crippen LogP contribution in [0.2, 0.25) is 0 Å². The van der Waals surface area contributed by atoms with Gasteiger partial charge < -0.3 is 10.1 Å². The summed E-state index contributed by atoms with van der Waals surface area (Å²) in [7, 11) is 1.95. The third-order valence-corrected chi connectivity index (χ3v) is 3.82. The second kappa shape index (κ2) is 5.27. The minimum Gasteiger partial charge on any atom is -0.486 e. The normalized spacial score (nSPS) is 26.9. The summed E-state index contributed by atoms with van der Waals surface area (Å²) in [5.74, 6) is 0.0798. The maximum atomic E-state index is 13.6. The van der Waals surface area contributed by atoms with E-state index in [4.69, 9.17) is 4.74 Å². The molecule has 0 aliphatic heterocycles. The Morgan fingerprint density at radius 1 is 1.33 bits per heavy atom. The van der Waals surface area contributed by atoms with Crippen molar-refractivity contribution in [3.05, 3.63) is 30.1 Å². The maximum Gasteiger partial charge on any atom is 0.165 e. The summed E-state index contributed by atoms with van der Waals surface area (Å²) in [4.78, 5) is 0. The Morgan fingerprint density at radius 3 is 2.72 bits per heavy atom. The van der Waals surface area contributed by atoms with Gasteiger partial charge in [0.2, 0.25) is 0 Å². The second-order valence-electron chi connectivity index (χ2n) is 5.89. The molecule has 0 saturated heterocycles. The third kappa shape index (κ3) is 3.02. The molecule has 18 heavy (non-hydrogen) atoms. The molecule has 2 atom stereocenters. The molecule has 1 saturated carbocycles. The van der Waals surface area contributed by atoms with Crippen LogP contribution in [0.3, 0.4) is 0 Å². The van der Waals surface area contributed by atoms with Crippen LogP contribution in [-0.2, 0) is 0 Å². The van der Waals surface area contributed by atoms with E-state index in [9.17, 15) is 4.39 Å². The summed E-state index contributed by atoms with van der Waals surface area (Å²) in [6, 6.07) is 6.93. The van der Waals surface area contributed by atoms with Gasteiger partial charge in [-0.05, 0) is 43.9 Å². The molecule has 0 amide bonds. The van der Waals surface area contributed by atoms with Crippen molar-refractivity contribution in [3.8, 4) is 5.75 Å². The summed E-state index contributed by atoms with van der Waals surface area (Å²) >= 11 is 0. The molecule has 0 heterocycles. The molecule has 0 aromatic heterocycles. The number of halogens is 1. The zero-order valence-electron chi connectivity index (χ0n) is 11.4. The molecular formula is C15H22FNO. The quantitative estimate of drug-likeness (QED) is 0.889. The largest absolute Gasteiger partial charge is 0.486 e. The Bertz CT molecular complexity index is 405. The highest BCUT2D eigenvalue weighted by Crippen LogP contribution is 2.37. The summed E-state index contributed by atoms with van der Waals surface area (Å²) in [6.45, 7) is 4.49. The molecule has 2 rings (SSSR count). The van der Waals surface area contributed by atoms with Crippen molar-refractivity contribution < 1.29 is 9.13 Å². The van der Waals surface area contributed by atoms with E-state index in [-0.39, 0.29) is 17.3 Å². The van der Waals surface area contributed by atoms with Gasteiger partial charge in [-0.3, -0.25) is 0 Å². The van der Waals surface area contributed by atoms with Gasteiger partial charge in [-0.15, -0.1) is 0 Å². The zero-order valence-corrected chi connectivity index (χ0v) is 11.4. The van der Waals surface area contributed by atoms with Crippen LogP contribution in [0.4, 0.5) is 4.39 Å². The molecule has 0 radical (unpaired) electrons. The minimum atomic E-state index is -0.282. The lowest BCUT2D eigenvalue weighted by molar-refractivity contribution is 0.0531. The van der Waals surface area contributed by atoms with Gasteiger partial charge in [0.15, 0.2) is 11.6 Å². The standard InChI is InChI=1S/C15H22FNO/c1-15(2)9-8-12(17-3)14(10-15)18-13-7-5-4-6-11(13)16/h4-7,12,14,17H,8-10H2,1-3H3. The Morgan fingerprint density at radius 2 is 2.06 bits per heavy atom. The number of nitrogens with one attached hydrogen (secondary N) is 1. The van der Waals surface area contributed by atoms with Crippen molar-refractivity contribution in [1.82, 2.24) is 5.32 Å². The molecule has 3 heteroatoms. The lowest BCUT2D eigenvalue weighted by Crippen LogP contribution is -2.47. The van der Waals surface area contributed by atoms with Crippen LogP contribution in [0.5, 0.6) is 5.75 Å². The molecule has 1 aromatic rings. The van der Waals surface area contributed by atoms with Gasteiger partial charge in [-0.2, -0.15) is 0 Å². The van der Waals surface area contributed by atoms with E-state index >= 15 is 0 Å². The Labute approximate surface area is 109 Å². The first kappa shape index (κ1) is 13.3. The molecule has 2 nitrogen and oxygen atoms in total. The maximum absolute atomic E-state index is 13.6. The van der Waals surface area contributed by atoms with Crippen LogP contribution in [0.1, 0.15) is 33.1 Å². The summed E-state index contributed by atoms with van der Waals surface area (Å²) in [5, 5.41) is 3.28. The molecule has 0 spiro atoms. The monoisotopic (exact) mass is 251 g/mol. The van der Waals surface area contributed by atoms with Gasteiger partial charge in [0.25, 0.3) is 0 Å². The molecule has 0 bridgehead atoms. The van der Waals surface area contributed by atoms with Crippen LogP contribution in [0, 0.1) is 11.2 Å². The van der Waals surface area contributed by atoms with Crippen LogP contribution in [-0.4, -0.2) is 19.2 Å². The first-order valence-electron chi connectivity index (χ1n) is 6.60. The van der Waals surface area contributed by atoms with E-state index in [2.05, 4.69) is 19.2 Å². The van der Waals surface area contributed by atoms with Gasteiger partial charge in [0.1, 0.15) is 6.10 Å². The van der Waals surface area contributed by atoms with Crippen LogP contribution in [0.25, 0.3) is 0 Å². The van der Waals surface area contributed by atoms with Gasteiger partial charge in [0.05, 0.1) is 0 Å². The number of para-hydroxylation sites is 1. The minimum absolute atomic E-state index is 0.0376. The lowest BCUT2D eigenvalue weighted by atomic mass is 9.74. The third-order valence-electron chi connectivity index (χ3n) is 3.82. The van der Waals surface area contributed by atoms with Crippen molar-refractivity contribution >= 4 is 0 Å². The van der Waals surface area contributed by atoms with Crippen LogP contribution >= 0.6 is 0 Å². The van der Waals surface area contributed by atoms with E-state index in [1.165, 1.54) is 12.5 Å². The van der Waals surface area contributed by atoms with Crippen molar-refractivity contribution in [2.75, 3.05) is 7.05 Å². The van der Waals surface area contributed by atoms with Crippen molar-refractivity contribution in [1.29, 1.82) is 0 Å². The van der Waals surface area contributed by atoms with Gasteiger partial charge in [-0.1, -0.05) is 26.0 Å². The first-order valence-corrected chi connectivity index (χ1v) is 6.60. The highest BCUT2D eigenvalue weighted by Gasteiger charge is 2.35. The summed E-state index contributed by atoms with van der Waals surface area (Å²) < 4.78 is 19.5. The van der Waals surface area contributed by atoms with E-state index in [0.717, 1.165) is 12.8 Å². The van der Waals surface area contributed by atoms with E-state index in [0.29, 0.717) is 11.8 Å². The highest BCUT2D eigenvalue weighted by atomic mass is 19.1. The van der Waals surface area contributed by atoms with Gasteiger partial charge in [0, 0.05) is 6.04 Å². The second-order valence-corrected chi connectivity index (χ2v) is 5.89. The molecule has 1 N–H and O–H groups in total. The molecule has 1 aromatic carbocycles. The highest BCUT2D eigenvalue weighted by molar-refractivity contribution is 5.24. The molecule has 1 fully saturated rings. The zero-order chi connectivity index (χ0) is 13.2. The number of likely N-dealkylation sites (N-methyl/N-ethyl adjacent to an activating group) is 1. The van der Waals surface area contributed by atoms with E-state index in [1.807, 2.05) is 7.05 Å². The first-order chi connectivity index (χ1) is 8.52. The van der Waals surface area contributed by atoms with Gasteiger partial charge in [-0.25, -0.2) is 4.39 Å². The van der Waals surface area contributed by atoms with Gasteiger partial charge >= 0.3 is 0 Å². The fourth-order valence-corrected chi connectivity index (χ4v) is 2.68. The fraction of sp³-hybridized carbons (Fsp3) is 0.600. The van der Waals surface area contributed by atoms with Crippen molar-refractivity contribution in [2.45, 2.75) is 45.3 Å². The van der Waals surface area contributed by atoms with Crippen molar-refractivity contribution in [3.63, 3.8) is 0 Å². The fourth-order valence-electron chi connectivity index (χ4n) is 2.68. The molecular weight excluding hydrogens is 229 g/mol. The predicted molar refractivity (Wildman–Crippen MR) is 71.3 cm³/mol. The lowest BCUT2D eigenvalue weighted by Gasteiger charge is -2.40. The molecule has 100 valence electrons. The van der Waals surface area contributed by atoms with E-state index in [1.54, 1.807) is 18.2 Å². The van der Waals surface area contributed by atoms with Crippen LogP contribution in [0.15, 0.2) is 24.3 Å². The van der Waals surface area contributed by atoms with Crippen LogP contribution < -0.4 is 10.1 Å². The smallest absolute Gasteiger partial charge is 0.165 e. The number of hydrogen-bond donors (Lipinski definition) is 1. The topological polar surface area (TPSA) is 21.3 Å². The Balaban J connectivity index is 2.12. The molecule has 1 aliphatic rings. The average Bonchev–Trinajstić information content (AvgIpc) is 2.31. The summed E-state index contributed by atoms with van der Waals surface area (Å²) in [5.41, 5.74) is 0.267. The SMILES string of the molecule is CNC1CCC(C)(C)CC1Oc1ccccc1F. The Hall–Kier alpha value is -1.09. The van der Waals surface area contributed by atoms with Crippen molar-refractivity contribution in [2.24, 2.45) is 5.41 Å². The number of rotatable bonds is 3. The average molecular weight is 251 g/mol. The molecule has 1 aliphatic carbocycles.